The first kappa shape index (κ1) is 21.0. The minimum absolute atomic E-state index is 0.0607. The van der Waals surface area contributed by atoms with Gasteiger partial charge in [-0.1, -0.05) is 0 Å². The van der Waals surface area contributed by atoms with Crippen LogP contribution in [0.1, 0.15) is 32.8 Å². The molecule has 1 amide bonds. The maximum absolute atomic E-state index is 14.1. The summed E-state index contributed by atoms with van der Waals surface area (Å²) in [6, 6.07) is 4.36. The van der Waals surface area contributed by atoms with Gasteiger partial charge in [-0.05, 0) is 30.3 Å². The average Bonchev–Trinajstić information content (AvgIpc) is 3.34. The van der Waals surface area contributed by atoms with Crippen LogP contribution in [0.25, 0.3) is 11.3 Å². The molecule has 154 valence electrons. The summed E-state index contributed by atoms with van der Waals surface area (Å²) in [5, 5.41) is 13.9. The molecule has 0 aliphatic heterocycles. The van der Waals surface area contributed by atoms with Crippen LogP contribution in [0, 0.1) is 5.82 Å². The van der Waals surface area contributed by atoms with E-state index in [4.69, 9.17) is 10.8 Å². The van der Waals surface area contributed by atoms with Gasteiger partial charge in [0.25, 0.3) is 5.91 Å². The maximum atomic E-state index is 14.1. The third-order valence-corrected chi connectivity index (χ3v) is 5.10. The molecule has 2 heterocycles. The van der Waals surface area contributed by atoms with E-state index in [1.807, 2.05) is 0 Å². The molecule has 6 nitrogen and oxygen atoms in total. The minimum Gasteiger partial charge on any atom is -0.390 e. The summed E-state index contributed by atoms with van der Waals surface area (Å²) in [6.07, 6.45) is -4.65. The van der Waals surface area contributed by atoms with E-state index in [0.29, 0.717) is 16.8 Å². The van der Waals surface area contributed by atoms with Gasteiger partial charge in [0.15, 0.2) is 0 Å². The van der Waals surface area contributed by atoms with Gasteiger partial charge in [-0.2, -0.15) is 13.2 Å². The zero-order valence-corrected chi connectivity index (χ0v) is 15.6. The Labute approximate surface area is 166 Å². The number of halogens is 4. The number of aliphatic hydroxyl groups is 1. The fraction of sp³-hybridized carbons (Fsp3) is 0.222. The van der Waals surface area contributed by atoms with Gasteiger partial charge in [0.1, 0.15) is 16.5 Å². The van der Waals surface area contributed by atoms with Crippen molar-refractivity contribution in [3.05, 3.63) is 63.5 Å². The fourth-order valence-electron chi connectivity index (χ4n) is 2.61. The number of nitrogens with one attached hydrogen (secondary N) is 2. The van der Waals surface area contributed by atoms with E-state index in [9.17, 15) is 22.4 Å². The van der Waals surface area contributed by atoms with Gasteiger partial charge in [-0.25, -0.2) is 9.37 Å². The molecule has 1 atom stereocenters. The van der Waals surface area contributed by atoms with Crippen LogP contribution in [0.15, 0.2) is 35.7 Å². The number of carbonyl (C=O) groups excluding carboxylic acids is 1. The predicted molar refractivity (Wildman–Crippen MR) is 98.5 cm³/mol. The molecule has 5 N–H and O–H groups in total. The lowest BCUT2D eigenvalue weighted by atomic mass is 10.1. The Kier molecular flexibility index (Phi) is 6.01. The molecule has 0 saturated carbocycles. The number of hydrogen-bond acceptors (Lipinski definition) is 5. The van der Waals surface area contributed by atoms with Gasteiger partial charge in [-0.3, -0.25) is 4.79 Å². The van der Waals surface area contributed by atoms with Crippen molar-refractivity contribution in [2.24, 2.45) is 5.73 Å². The standard InChI is InChI=1S/C18H16F4N4O2S/c19-12-5-9(18(20,21)22)1-2-11(12)13-3-4-14(25-13)16(28)26-15(6-23)17-24-10(7-27)8-29-17/h1-5,8,15,25,27H,6-7,23H2,(H,26,28)/t15-/m1/s1. The molecule has 2 aromatic heterocycles. The number of H-pyrrole nitrogens is 1. The summed E-state index contributed by atoms with van der Waals surface area (Å²) in [7, 11) is 0. The van der Waals surface area contributed by atoms with E-state index >= 15 is 0 Å². The van der Waals surface area contributed by atoms with Crippen LogP contribution in [0.4, 0.5) is 17.6 Å². The van der Waals surface area contributed by atoms with Gasteiger partial charge in [-0.15, -0.1) is 11.3 Å². The number of aromatic amines is 1. The van der Waals surface area contributed by atoms with Crippen molar-refractivity contribution in [1.82, 2.24) is 15.3 Å². The van der Waals surface area contributed by atoms with E-state index in [0.717, 1.165) is 12.1 Å². The van der Waals surface area contributed by atoms with Crippen LogP contribution in [0.3, 0.4) is 0 Å². The van der Waals surface area contributed by atoms with Crippen molar-refractivity contribution in [2.45, 2.75) is 18.8 Å². The second-order valence-electron chi connectivity index (χ2n) is 6.08. The molecule has 0 aliphatic carbocycles. The molecule has 0 saturated heterocycles. The number of aromatic nitrogens is 2. The van der Waals surface area contributed by atoms with Crippen molar-refractivity contribution in [2.75, 3.05) is 6.54 Å². The fourth-order valence-corrected chi connectivity index (χ4v) is 3.48. The number of hydrogen-bond donors (Lipinski definition) is 4. The number of amides is 1. The van der Waals surface area contributed by atoms with E-state index in [2.05, 4.69) is 15.3 Å². The van der Waals surface area contributed by atoms with Gasteiger partial charge < -0.3 is 21.1 Å². The number of benzene rings is 1. The topological polar surface area (TPSA) is 104 Å². The smallest absolute Gasteiger partial charge is 0.390 e. The van der Waals surface area contributed by atoms with E-state index in [1.54, 1.807) is 5.38 Å². The first-order valence-electron chi connectivity index (χ1n) is 8.35. The van der Waals surface area contributed by atoms with Crippen molar-refractivity contribution in [1.29, 1.82) is 0 Å². The number of carbonyl (C=O) groups is 1. The zero-order chi connectivity index (χ0) is 21.2. The first-order chi connectivity index (χ1) is 13.7. The van der Waals surface area contributed by atoms with Crippen LogP contribution in [-0.2, 0) is 12.8 Å². The van der Waals surface area contributed by atoms with Crippen LogP contribution in [0.5, 0.6) is 0 Å². The Bertz CT molecular complexity index is 1020. The lowest BCUT2D eigenvalue weighted by Gasteiger charge is -2.13. The molecule has 29 heavy (non-hydrogen) atoms. The Morgan fingerprint density at radius 1 is 1.31 bits per heavy atom. The molecule has 11 heteroatoms. The van der Waals surface area contributed by atoms with Crippen molar-refractivity contribution >= 4 is 17.2 Å². The second-order valence-corrected chi connectivity index (χ2v) is 6.96. The van der Waals surface area contributed by atoms with E-state index in [1.165, 1.54) is 23.5 Å². The van der Waals surface area contributed by atoms with Crippen molar-refractivity contribution < 1.29 is 27.5 Å². The number of nitrogens with zero attached hydrogens (tertiary/aromatic N) is 1. The van der Waals surface area contributed by atoms with Crippen LogP contribution in [0.2, 0.25) is 0 Å². The number of rotatable bonds is 6. The molecule has 0 unspecified atom stereocenters. The number of thiazole rings is 1. The highest BCUT2D eigenvalue weighted by atomic mass is 32.1. The molecule has 0 radical (unpaired) electrons. The number of nitrogens with two attached hydrogens (primary N) is 1. The third kappa shape index (κ3) is 4.63. The van der Waals surface area contributed by atoms with Crippen molar-refractivity contribution in [3.63, 3.8) is 0 Å². The first-order valence-corrected chi connectivity index (χ1v) is 9.23. The van der Waals surface area contributed by atoms with Gasteiger partial charge in [0.2, 0.25) is 0 Å². The number of aliphatic hydroxyl groups excluding tert-OH is 1. The molecule has 0 aliphatic rings. The summed E-state index contributed by atoms with van der Waals surface area (Å²) in [4.78, 5) is 19.3. The van der Waals surface area contributed by atoms with Gasteiger partial charge in [0, 0.05) is 23.2 Å². The molecule has 3 rings (SSSR count). The summed E-state index contributed by atoms with van der Waals surface area (Å²) < 4.78 is 52.2. The lowest BCUT2D eigenvalue weighted by molar-refractivity contribution is -0.137. The normalized spacial score (nSPS) is 12.8. The SMILES string of the molecule is NC[C@@H](NC(=O)c1ccc(-c2ccc(C(F)(F)F)cc2F)[nH]1)c1nc(CO)cs1. The molecule has 3 aromatic rings. The second kappa shape index (κ2) is 8.31. The predicted octanol–water partition coefficient (Wildman–Crippen LogP) is 3.22. The monoisotopic (exact) mass is 428 g/mol. The van der Waals surface area contributed by atoms with Crippen molar-refractivity contribution in [3.8, 4) is 11.3 Å². The Balaban J connectivity index is 1.77. The summed E-state index contributed by atoms with van der Waals surface area (Å²) in [6.45, 7) is -0.175. The molecule has 1 aromatic carbocycles. The summed E-state index contributed by atoms with van der Waals surface area (Å²) in [5.74, 6) is -1.60. The maximum Gasteiger partial charge on any atom is 0.416 e. The molecular weight excluding hydrogens is 412 g/mol. The highest BCUT2D eigenvalue weighted by Crippen LogP contribution is 2.32. The molecule has 0 bridgehead atoms. The minimum atomic E-state index is -4.65. The van der Waals surface area contributed by atoms with Crippen LogP contribution in [-0.4, -0.2) is 27.5 Å². The average molecular weight is 428 g/mol. The Morgan fingerprint density at radius 3 is 2.66 bits per heavy atom. The highest BCUT2D eigenvalue weighted by molar-refractivity contribution is 7.09. The third-order valence-electron chi connectivity index (χ3n) is 4.09. The Morgan fingerprint density at radius 2 is 2.07 bits per heavy atom. The summed E-state index contributed by atoms with van der Waals surface area (Å²) in [5.41, 5.74) is 5.18. The van der Waals surface area contributed by atoms with Gasteiger partial charge >= 0.3 is 6.18 Å². The quantitative estimate of drug-likeness (QED) is 0.453. The van der Waals surface area contributed by atoms with Crippen LogP contribution >= 0.6 is 11.3 Å². The number of alkyl halides is 3. The largest absolute Gasteiger partial charge is 0.416 e. The van der Waals surface area contributed by atoms with E-state index < -0.39 is 29.5 Å². The van der Waals surface area contributed by atoms with Gasteiger partial charge in [0.05, 0.1) is 23.9 Å². The van der Waals surface area contributed by atoms with Crippen LogP contribution < -0.4 is 11.1 Å². The highest BCUT2D eigenvalue weighted by Gasteiger charge is 2.31. The Hall–Kier alpha value is -2.76. The molecule has 0 fully saturated rings. The molecular formula is C18H16F4N4O2S. The van der Waals surface area contributed by atoms with E-state index in [-0.39, 0.29) is 30.1 Å². The molecule has 0 spiro atoms. The zero-order valence-electron chi connectivity index (χ0n) is 14.8. The summed E-state index contributed by atoms with van der Waals surface area (Å²) >= 11 is 1.23. The lowest BCUT2D eigenvalue weighted by Crippen LogP contribution is -2.33.